The molecule has 242 valence electrons. The largest absolute Gasteiger partial charge is 0.491 e. The van der Waals surface area contributed by atoms with Gasteiger partial charge in [0.2, 0.25) is 0 Å². The Morgan fingerprint density at radius 1 is 0.787 bits per heavy atom. The monoisotopic (exact) mass is 637 g/mol. The van der Waals surface area contributed by atoms with Crippen LogP contribution in [-0.2, 0) is 15.9 Å². The van der Waals surface area contributed by atoms with Crippen LogP contribution >= 0.6 is 0 Å². The number of hydrogen-bond acceptors (Lipinski definition) is 8. The summed E-state index contributed by atoms with van der Waals surface area (Å²) in [4.78, 5) is 44.5. The maximum atomic E-state index is 13.2. The number of fused-ring (bicyclic) bond motifs is 1. The van der Waals surface area contributed by atoms with E-state index in [2.05, 4.69) is 9.97 Å². The van der Waals surface area contributed by atoms with Crippen molar-refractivity contribution in [3.8, 4) is 28.1 Å². The molecular formula is C36H35N3O8. The van der Waals surface area contributed by atoms with E-state index in [1.165, 1.54) is 18.2 Å². The number of pyridine rings is 2. The van der Waals surface area contributed by atoms with Gasteiger partial charge >= 0.3 is 18.0 Å². The maximum Gasteiger partial charge on any atom is 0.419 e. The molecule has 0 spiro atoms. The van der Waals surface area contributed by atoms with Gasteiger partial charge in [0, 0.05) is 35.6 Å². The van der Waals surface area contributed by atoms with Crippen LogP contribution in [-0.4, -0.2) is 68.2 Å². The van der Waals surface area contributed by atoms with Gasteiger partial charge in [-0.3, -0.25) is 9.97 Å². The molecule has 11 heteroatoms. The van der Waals surface area contributed by atoms with Crippen molar-refractivity contribution >= 4 is 28.9 Å². The fourth-order valence-electron chi connectivity index (χ4n) is 4.99. The summed E-state index contributed by atoms with van der Waals surface area (Å²) in [5, 5.41) is 19.2. The number of carbonyl (C=O) groups is 3. The summed E-state index contributed by atoms with van der Waals surface area (Å²) in [5.74, 6) is -2.39. The second kappa shape index (κ2) is 14.3. The number of aromatic nitrogens is 3. The number of hydrogen-bond donors (Lipinski definition) is 2. The molecule has 2 aromatic carbocycles. The molecule has 5 aromatic rings. The third-order valence-electron chi connectivity index (χ3n) is 7.19. The molecule has 0 atom stereocenters. The average molecular weight is 638 g/mol. The molecule has 0 fully saturated rings. The van der Waals surface area contributed by atoms with E-state index >= 15 is 0 Å². The molecule has 0 aliphatic carbocycles. The molecule has 3 aromatic heterocycles. The molecule has 47 heavy (non-hydrogen) atoms. The number of aryl methyl sites for hydroxylation is 1. The van der Waals surface area contributed by atoms with Crippen LogP contribution in [0, 0.1) is 0 Å². The summed E-state index contributed by atoms with van der Waals surface area (Å²) in [6, 6.07) is 19.6. The zero-order chi connectivity index (χ0) is 33.6. The highest BCUT2D eigenvalue weighted by atomic mass is 16.6. The van der Waals surface area contributed by atoms with Gasteiger partial charge in [-0.15, -0.1) is 0 Å². The van der Waals surface area contributed by atoms with Crippen LogP contribution in [0.1, 0.15) is 53.6 Å². The molecule has 11 nitrogen and oxygen atoms in total. The highest BCUT2D eigenvalue weighted by Crippen LogP contribution is 2.31. The van der Waals surface area contributed by atoms with Crippen LogP contribution in [0.15, 0.2) is 85.3 Å². The molecule has 5 rings (SSSR count). The molecule has 0 aliphatic heterocycles. The summed E-state index contributed by atoms with van der Waals surface area (Å²) < 4.78 is 18.4. The third-order valence-corrected chi connectivity index (χ3v) is 7.19. The summed E-state index contributed by atoms with van der Waals surface area (Å²) in [7, 11) is 0. The standard InChI is InChI=1S/C36H35N3O8/c1-36(2,3)47-35(44)39-31(19-25-14-15-37-22-32(25)39)24-8-6-23(7-9-24)26-10-11-27(38-21-26)5-4-16-45-17-18-46-28-12-13-29(33(40)41)30(20-28)34(42)43/h6-15,19-22H,4-5,16-18H2,1-3H3,(H,40,41)(H,42,43). The second-order valence-corrected chi connectivity index (χ2v) is 11.8. The van der Waals surface area contributed by atoms with E-state index in [9.17, 15) is 19.5 Å². The number of nitrogens with zero attached hydrogens (tertiary/aromatic N) is 3. The van der Waals surface area contributed by atoms with Crippen LogP contribution < -0.4 is 4.74 Å². The minimum absolute atomic E-state index is 0.192. The lowest BCUT2D eigenvalue weighted by Gasteiger charge is -2.21. The Balaban J connectivity index is 1.12. The van der Waals surface area contributed by atoms with E-state index in [-0.39, 0.29) is 23.5 Å². The van der Waals surface area contributed by atoms with Crippen molar-refractivity contribution in [3.63, 3.8) is 0 Å². The fourth-order valence-corrected chi connectivity index (χ4v) is 4.99. The van der Waals surface area contributed by atoms with E-state index in [1.807, 2.05) is 75.5 Å². The zero-order valence-corrected chi connectivity index (χ0v) is 26.3. The average Bonchev–Trinajstić information content (AvgIpc) is 3.44. The predicted molar refractivity (Wildman–Crippen MR) is 175 cm³/mol. The molecule has 0 aliphatic rings. The van der Waals surface area contributed by atoms with Crippen molar-refractivity contribution in [1.82, 2.24) is 14.5 Å². The molecule has 0 unspecified atom stereocenters. The van der Waals surface area contributed by atoms with Crippen molar-refractivity contribution in [2.45, 2.75) is 39.2 Å². The first-order valence-corrected chi connectivity index (χ1v) is 15.1. The Hall–Kier alpha value is -5.55. The third kappa shape index (κ3) is 8.19. The highest BCUT2D eigenvalue weighted by Gasteiger charge is 2.23. The van der Waals surface area contributed by atoms with Gasteiger partial charge in [-0.2, -0.15) is 0 Å². The van der Waals surface area contributed by atoms with Crippen molar-refractivity contribution in [2.75, 3.05) is 19.8 Å². The van der Waals surface area contributed by atoms with Gasteiger partial charge < -0.3 is 24.4 Å². The quantitative estimate of drug-likeness (QED) is 0.137. The van der Waals surface area contributed by atoms with Crippen LogP contribution in [0.5, 0.6) is 5.75 Å². The Morgan fingerprint density at radius 3 is 2.19 bits per heavy atom. The van der Waals surface area contributed by atoms with Gasteiger partial charge in [-0.25, -0.2) is 19.0 Å². The van der Waals surface area contributed by atoms with Gasteiger partial charge in [0.1, 0.15) is 18.0 Å². The lowest BCUT2D eigenvalue weighted by Crippen LogP contribution is -2.27. The molecule has 0 saturated carbocycles. The van der Waals surface area contributed by atoms with Crippen molar-refractivity contribution in [1.29, 1.82) is 0 Å². The maximum absolute atomic E-state index is 13.2. The number of aromatic carboxylic acids is 2. The number of carboxylic acids is 2. The number of carbonyl (C=O) groups excluding carboxylic acids is 1. The van der Waals surface area contributed by atoms with Gasteiger partial charge in [-0.05, 0) is 81.1 Å². The lowest BCUT2D eigenvalue weighted by atomic mass is 10.0. The Kier molecular flexibility index (Phi) is 9.96. The van der Waals surface area contributed by atoms with Crippen LogP contribution in [0.3, 0.4) is 0 Å². The van der Waals surface area contributed by atoms with Crippen LogP contribution in [0.2, 0.25) is 0 Å². The highest BCUT2D eigenvalue weighted by molar-refractivity contribution is 6.02. The lowest BCUT2D eigenvalue weighted by molar-refractivity contribution is 0.0546. The van der Waals surface area contributed by atoms with E-state index in [1.54, 1.807) is 17.0 Å². The molecule has 0 bridgehead atoms. The molecule has 0 saturated heterocycles. The Bertz CT molecular complexity index is 1890. The summed E-state index contributed by atoms with van der Waals surface area (Å²) in [6.45, 7) is 6.49. The van der Waals surface area contributed by atoms with Gasteiger partial charge in [0.25, 0.3) is 0 Å². The topological polar surface area (TPSA) is 150 Å². The van der Waals surface area contributed by atoms with E-state index in [0.717, 1.165) is 46.3 Å². The van der Waals surface area contributed by atoms with Crippen molar-refractivity contribution < 1.29 is 38.8 Å². The van der Waals surface area contributed by atoms with Crippen molar-refractivity contribution in [3.05, 3.63) is 102 Å². The minimum Gasteiger partial charge on any atom is -0.491 e. The van der Waals surface area contributed by atoms with E-state index < -0.39 is 23.6 Å². The summed E-state index contributed by atoms with van der Waals surface area (Å²) >= 11 is 0. The fraction of sp³-hybridized carbons (Fsp3) is 0.250. The minimum atomic E-state index is -1.33. The first-order valence-electron chi connectivity index (χ1n) is 15.1. The molecule has 2 N–H and O–H groups in total. The molecule has 0 radical (unpaired) electrons. The first kappa shape index (κ1) is 32.8. The van der Waals surface area contributed by atoms with E-state index in [4.69, 9.17) is 19.3 Å². The smallest absolute Gasteiger partial charge is 0.419 e. The number of carboxylic acid groups (broad SMARTS) is 2. The normalized spacial score (nSPS) is 11.4. The number of rotatable bonds is 12. The summed E-state index contributed by atoms with van der Waals surface area (Å²) in [6.07, 6.45) is 6.21. The van der Waals surface area contributed by atoms with E-state index in [0.29, 0.717) is 18.7 Å². The van der Waals surface area contributed by atoms with Gasteiger partial charge in [-0.1, -0.05) is 30.3 Å². The van der Waals surface area contributed by atoms with Gasteiger partial charge in [0.05, 0.1) is 35.1 Å². The summed E-state index contributed by atoms with van der Waals surface area (Å²) in [5.41, 5.74) is 3.89. The number of benzene rings is 2. The predicted octanol–water partition coefficient (Wildman–Crippen LogP) is 6.97. The second-order valence-electron chi connectivity index (χ2n) is 11.8. The Morgan fingerprint density at radius 2 is 1.51 bits per heavy atom. The SMILES string of the molecule is CC(C)(C)OC(=O)n1c(-c2ccc(-c3ccc(CCCOCCOc4ccc(C(=O)O)c(C(=O)O)c4)nc3)cc2)cc2ccncc21. The zero-order valence-electron chi connectivity index (χ0n) is 26.3. The van der Waals surface area contributed by atoms with Crippen molar-refractivity contribution in [2.24, 2.45) is 0 Å². The first-order chi connectivity index (χ1) is 22.5. The molecule has 0 amide bonds. The van der Waals surface area contributed by atoms with Crippen LogP contribution in [0.4, 0.5) is 4.79 Å². The molecular weight excluding hydrogens is 602 g/mol. The number of ether oxygens (including phenoxy) is 3. The molecule has 3 heterocycles. The Labute approximate surface area is 271 Å². The van der Waals surface area contributed by atoms with Gasteiger partial charge in [0.15, 0.2) is 0 Å². The van der Waals surface area contributed by atoms with Crippen LogP contribution in [0.25, 0.3) is 33.3 Å².